The molecule has 0 spiro atoms. The number of nitrogens with one attached hydrogen (secondary N) is 3. The second-order valence-corrected chi connectivity index (χ2v) is 14.7. The summed E-state index contributed by atoms with van der Waals surface area (Å²) >= 11 is 0. The Kier molecular flexibility index (Phi) is 7.47. The molecule has 5 aromatic rings. The third-order valence-electron chi connectivity index (χ3n) is 11.5. The predicted molar refractivity (Wildman–Crippen MR) is 188 cm³/mol. The highest BCUT2D eigenvalue weighted by molar-refractivity contribution is 5.83. The fourth-order valence-electron chi connectivity index (χ4n) is 8.05. The average molecular weight is 642 g/mol. The molecule has 0 unspecified atom stereocenters. The van der Waals surface area contributed by atoms with Crippen LogP contribution in [0.15, 0.2) is 72.9 Å². The van der Waals surface area contributed by atoms with Crippen molar-refractivity contribution in [3.63, 3.8) is 0 Å². The zero-order valence-corrected chi connectivity index (χ0v) is 27.9. The fraction of sp³-hybridized carbons (Fsp3) is 0.385. The van der Waals surface area contributed by atoms with Gasteiger partial charge in [0, 0.05) is 12.6 Å². The van der Waals surface area contributed by atoms with Crippen LogP contribution in [0.4, 0.5) is 0 Å². The summed E-state index contributed by atoms with van der Waals surface area (Å²) in [6.07, 6.45) is 8.47. The first-order valence-corrected chi connectivity index (χ1v) is 17.2. The number of hydrogen-bond acceptors (Lipinski definition) is 5. The first kappa shape index (κ1) is 30.6. The number of rotatable bonds is 11. The lowest BCUT2D eigenvalue weighted by molar-refractivity contribution is -0.132. The lowest BCUT2D eigenvalue weighted by atomic mass is 9.84. The van der Waals surface area contributed by atoms with Gasteiger partial charge in [-0.3, -0.25) is 14.5 Å². The van der Waals surface area contributed by atoms with E-state index in [1.807, 2.05) is 6.20 Å². The number of nitrogens with zero attached hydrogens (tertiary/aromatic N) is 4. The molecule has 3 heterocycles. The molecule has 3 aromatic carbocycles. The van der Waals surface area contributed by atoms with Gasteiger partial charge in [0.2, 0.25) is 12.3 Å². The lowest BCUT2D eigenvalue weighted by Crippen LogP contribution is -2.46. The number of benzene rings is 3. The monoisotopic (exact) mass is 641 g/mol. The summed E-state index contributed by atoms with van der Waals surface area (Å²) in [4.78, 5) is 44.6. The first-order chi connectivity index (χ1) is 23.2. The topological polar surface area (TPSA) is 110 Å². The number of amides is 2. The summed E-state index contributed by atoms with van der Waals surface area (Å²) in [5.41, 5.74) is 8.82. The highest BCUT2D eigenvalue weighted by Crippen LogP contribution is 2.53. The number of fused-ring (bicyclic) bond motifs is 3. The van der Waals surface area contributed by atoms with E-state index in [1.165, 1.54) is 30.4 Å². The van der Waals surface area contributed by atoms with Gasteiger partial charge in [-0.2, -0.15) is 0 Å². The van der Waals surface area contributed by atoms with Crippen molar-refractivity contribution in [3.05, 3.63) is 84.6 Å². The third kappa shape index (κ3) is 5.49. The normalized spacial score (nSPS) is 22.6. The third-order valence-corrected chi connectivity index (χ3v) is 11.5. The largest absolute Gasteiger partial charge is 0.350 e. The Balaban J connectivity index is 0.950. The summed E-state index contributed by atoms with van der Waals surface area (Å²) in [6.45, 7) is 5.58. The SMILES string of the molecule is CN1[C@@H]2CC[C@@H](C2)[C@@]1(C)c1nc2ccc(-c3ccc(-c4ccc(-c5cnc(CN(CC6(C)CC6)C(=O)CNC=O)[nH]5)cc4)cc3)cc2[nH]1. The molecule has 1 aliphatic heterocycles. The number of hydrogen-bond donors (Lipinski definition) is 3. The number of piperidine rings is 1. The molecule has 2 saturated carbocycles. The van der Waals surface area contributed by atoms with E-state index in [0.717, 1.165) is 57.9 Å². The van der Waals surface area contributed by atoms with Crippen molar-refractivity contribution in [1.29, 1.82) is 0 Å². The summed E-state index contributed by atoms with van der Waals surface area (Å²) < 4.78 is 0. The number of aromatic amines is 2. The van der Waals surface area contributed by atoms with Crippen molar-refractivity contribution in [2.24, 2.45) is 11.3 Å². The highest BCUT2D eigenvalue weighted by atomic mass is 16.2. The Morgan fingerprint density at radius 1 is 0.958 bits per heavy atom. The van der Waals surface area contributed by atoms with Crippen LogP contribution >= 0.6 is 0 Å². The van der Waals surface area contributed by atoms with Gasteiger partial charge in [0.05, 0.1) is 41.6 Å². The number of carbonyl (C=O) groups is 2. The molecule has 2 aliphatic carbocycles. The minimum absolute atomic E-state index is 0.00584. The maximum Gasteiger partial charge on any atom is 0.242 e. The number of aromatic nitrogens is 4. The molecular formula is C39H43N7O2. The molecule has 3 N–H and O–H groups in total. The lowest BCUT2D eigenvalue weighted by Gasteiger charge is -2.40. The van der Waals surface area contributed by atoms with Gasteiger partial charge in [-0.15, -0.1) is 0 Å². The second kappa shape index (κ2) is 11.7. The smallest absolute Gasteiger partial charge is 0.242 e. The Morgan fingerprint density at radius 2 is 1.62 bits per heavy atom. The van der Waals surface area contributed by atoms with Crippen molar-refractivity contribution in [1.82, 2.24) is 35.1 Å². The van der Waals surface area contributed by atoms with Crippen LogP contribution in [-0.4, -0.2) is 68.2 Å². The molecule has 9 heteroatoms. The number of H-pyrrole nitrogens is 2. The average Bonchev–Trinajstić information content (AvgIpc) is 3.59. The van der Waals surface area contributed by atoms with Gasteiger partial charge in [0.25, 0.3) is 0 Å². The fourth-order valence-corrected chi connectivity index (χ4v) is 8.05. The van der Waals surface area contributed by atoms with E-state index < -0.39 is 0 Å². The minimum atomic E-state index is -0.104. The maximum atomic E-state index is 12.8. The highest BCUT2D eigenvalue weighted by Gasteiger charge is 2.54. The van der Waals surface area contributed by atoms with Gasteiger partial charge in [-0.1, -0.05) is 61.5 Å². The van der Waals surface area contributed by atoms with Crippen molar-refractivity contribution >= 4 is 23.4 Å². The maximum absolute atomic E-state index is 12.8. The van der Waals surface area contributed by atoms with Crippen LogP contribution in [0.5, 0.6) is 0 Å². The quantitative estimate of drug-likeness (QED) is 0.143. The van der Waals surface area contributed by atoms with Crippen molar-refractivity contribution in [2.45, 2.75) is 64.1 Å². The Labute approximate surface area is 281 Å². The van der Waals surface area contributed by atoms with E-state index in [4.69, 9.17) is 4.98 Å². The van der Waals surface area contributed by atoms with Gasteiger partial charge >= 0.3 is 0 Å². The second-order valence-electron chi connectivity index (χ2n) is 14.7. The van der Waals surface area contributed by atoms with Gasteiger partial charge < -0.3 is 20.2 Å². The Morgan fingerprint density at radius 3 is 2.27 bits per heavy atom. The molecular weight excluding hydrogens is 598 g/mol. The molecule has 2 bridgehead atoms. The van der Waals surface area contributed by atoms with E-state index in [0.29, 0.717) is 31.5 Å². The van der Waals surface area contributed by atoms with Gasteiger partial charge in [-0.25, -0.2) is 9.97 Å². The summed E-state index contributed by atoms with van der Waals surface area (Å²) in [6, 6.07) is 24.4. The van der Waals surface area contributed by atoms with Crippen molar-refractivity contribution < 1.29 is 9.59 Å². The van der Waals surface area contributed by atoms with E-state index in [9.17, 15) is 9.59 Å². The Bertz CT molecular complexity index is 1970. The van der Waals surface area contributed by atoms with Gasteiger partial charge in [-0.05, 0) is 97.4 Å². The van der Waals surface area contributed by atoms with E-state index in [-0.39, 0.29) is 23.4 Å². The molecule has 9 nitrogen and oxygen atoms in total. The molecule has 3 atom stereocenters. The zero-order valence-electron chi connectivity index (χ0n) is 27.9. The van der Waals surface area contributed by atoms with Crippen molar-refractivity contribution in [2.75, 3.05) is 20.1 Å². The summed E-state index contributed by atoms with van der Waals surface area (Å²) in [5.74, 6) is 2.38. The van der Waals surface area contributed by atoms with Crippen LogP contribution in [0.25, 0.3) is 44.5 Å². The Hall–Kier alpha value is -4.76. The summed E-state index contributed by atoms with van der Waals surface area (Å²) in [5, 5.41) is 2.50. The molecule has 2 amide bonds. The van der Waals surface area contributed by atoms with Crippen LogP contribution in [0, 0.1) is 11.3 Å². The molecule has 2 aromatic heterocycles. The number of imidazole rings is 2. The molecule has 1 saturated heterocycles. The first-order valence-electron chi connectivity index (χ1n) is 17.2. The van der Waals surface area contributed by atoms with Crippen LogP contribution in [0.2, 0.25) is 0 Å². The van der Waals surface area contributed by atoms with Gasteiger partial charge in [0.1, 0.15) is 11.6 Å². The predicted octanol–water partition coefficient (Wildman–Crippen LogP) is 6.49. The molecule has 8 rings (SSSR count). The van der Waals surface area contributed by atoms with Crippen LogP contribution in [0.3, 0.4) is 0 Å². The standard InChI is InChI=1S/C39H43N7O2/c1-38(16-17-38)23-46(36(48)21-40-24-47)22-35-41-20-34(42-35)28-10-8-26(9-11-28)25-4-6-27(7-5-25)29-12-15-32-33(18-29)44-37(43-32)39(2)30-13-14-31(19-30)45(39)3/h4-12,15,18,20,24,30-31H,13-14,16-17,19,21-23H2,1-3H3,(H,40,47)(H,41,42)(H,43,44)/t30-,31+,39-/m0/s1. The number of likely N-dealkylation sites (tertiary alicyclic amines) is 1. The van der Waals surface area contributed by atoms with E-state index in [2.05, 4.69) is 113 Å². The number of carbonyl (C=O) groups excluding carboxylic acids is 2. The van der Waals surface area contributed by atoms with Crippen molar-refractivity contribution in [3.8, 4) is 33.5 Å². The van der Waals surface area contributed by atoms with E-state index >= 15 is 0 Å². The zero-order chi connectivity index (χ0) is 33.0. The van der Waals surface area contributed by atoms with Crippen LogP contribution in [-0.2, 0) is 21.7 Å². The molecule has 246 valence electrons. The summed E-state index contributed by atoms with van der Waals surface area (Å²) in [7, 11) is 2.26. The van der Waals surface area contributed by atoms with Crippen LogP contribution in [0.1, 0.15) is 57.6 Å². The molecule has 0 radical (unpaired) electrons. The van der Waals surface area contributed by atoms with E-state index in [1.54, 1.807) is 4.90 Å². The molecule has 48 heavy (non-hydrogen) atoms. The van der Waals surface area contributed by atoms with Crippen LogP contribution < -0.4 is 5.32 Å². The van der Waals surface area contributed by atoms with Gasteiger partial charge in [0.15, 0.2) is 0 Å². The molecule has 3 aliphatic rings. The minimum Gasteiger partial charge on any atom is -0.350 e. The molecule has 3 fully saturated rings.